The molecule has 0 spiro atoms. The zero-order chi connectivity index (χ0) is 18.3. The lowest BCUT2D eigenvalue weighted by Gasteiger charge is -2.34. The molecule has 6 heteroatoms. The molecule has 2 amide bonds. The minimum absolute atomic E-state index is 0.0232. The van der Waals surface area contributed by atoms with Crippen LogP contribution in [-0.2, 0) is 11.2 Å². The summed E-state index contributed by atoms with van der Waals surface area (Å²) in [5.41, 5.74) is 2.31. The number of nitrogens with one attached hydrogen (secondary N) is 1. The smallest absolute Gasteiger partial charge is 0.251 e. The number of nitrogens with zero attached hydrogens (tertiary/aromatic N) is 2. The van der Waals surface area contributed by atoms with Crippen molar-refractivity contribution < 1.29 is 14.1 Å². The van der Waals surface area contributed by atoms with E-state index in [0.717, 1.165) is 30.6 Å². The number of aryl methyl sites for hydroxylation is 2. The van der Waals surface area contributed by atoms with Gasteiger partial charge in [0, 0.05) is 23.7 Å². The molecule has 2 fully saturated rings. The molecule has 4 rings (SSSR count). The SMILES string of the molecule is Cc1noc(C)c1CC(=O)N1CC2CC(NC(=O)c3ccccc3)C1C2. The van der Waals surface area contributed by atoms with Gasteiger partial charge in [0.1, 0.15) is 5.76 Å². The Bertz CT molecular complexity index is 811. The number of hydrogen-bond acceptors (Lipinski definition) is 4. The summed E-state index contributed by atoms with van der Waals surface area (Å²) in [5, 5.41) is 7.06. The summed E-state index contributed by atoms with van der Waals surface area (Å²) in [7, 11) is 0. The van der Waals surface area contributed by atoms with E-state index in [4.69, 9.17) is 4.52 Å². The molecular formula is C20H23N3O3. The van der Waals surface area contributed by atoms with E-state index in [9.17, 15) is 9.59 Å². The van der Waals surface area contributed by atoms with E-state index < -0.39 is 0 Å². The summed E-state index contributed by atoms with van der Waals surface area (Å²) in [4.78, 5) is 27.3. The van der Waals surface area contributed by atoms with E-state index in [2.05, 4.69) is 10.5 Å². The van der Waals surface area contributed by atoms with Gasteiger partial charge in [0.15, 0.2) is 0 Å². The fourth-order valence-corrected chi connectivity index (χ4v) is 4.32. The Balaban J connectivity index is 1.43. The van der Waals surface area contributed by atoms with Crippen molar-refractivity contribution in [2.24, 2.45) is 5.92 Å². The molecule has 1 saturated heterocycles. The van der Waals surface area contributed by atoms with Crippen LogP contribution >= 0.6 is 0 Å². The van der Waals surface area contributed by atoms with Crippen LogP contribution in [0.15, 0.2) is 34.9 Å². The highest BCUT2D eigenvalue weighted by Crippen LogP contribution is 2.38. The molecule has 1 aliphatic heterocycles. The zero-order valence-corrected chi connectivity index (χ0v) is 15.1. The first kappa shape index (κ1) is 16.8. The van der Waals surface area contributed by atoms with Crippen LogP contribution in [0.4, 0.5) is 0 Å². The van der Waals surface area contributed by atoms with E-state index >= 15 is 0 Å². The molecule has 1 aromatic carbocycles. The molecule has 1 aliphatic carbocycles. The molecule has 6 nitrogen and oxygen atoms in total. The fourth-order valence-electron chi connectivity index (χ4n) is 4.32. The first-order valence-electron chi connectivity index (χ1n) is 9.10. The Hall–Kier alpha value is -2.63. The third-order valence-electron chi connectivity index (χ3n) is 5.66. The number of likely N-dealkylation sites (tertiary alicyclic amines) is 1. The molecular weight excluding hydrogens is 330 g/mol. The number of amides is 2. The number of aromatic nitrogens is 1. The topological polar surface area (TPSA) is 75.4 Å². The summed E-state index contributed by atoms with van der Waals surface area (Å²) in [5.74, 6) is 1.19. The number of carbonyl (C=O) groups is 2. The van der Waals surface area contributed by atoms with E-state index in [-0.39, 0.29) is 23.9 Å². The normalized spacial score (nSPS) is 24.1. The third kappa shape index (κ3) is 3.00. The van der Waals surface area contributed by atoms with Gasteiger partial charge in [-0.3, -0.25) is 9.59 Å². The molecule has 3 unspecified atom stereocenters. The summed E-state index contributed by atoms with van der Waals surface area (Å²) < 4.78 is 5.17. The van der Waals surface area contributed by atoms with Crippen molar-refractivity contribution in [2.75, 3.05) is 6.54 Å². The molecule has 1 aromatic heterocycles. The maximum absolute atomic E-state index is 12.9. The van der Waals surface area contributed by atoms with Crippen molar-refractivity contribution in [1.82, 2.24) is 15.4 Å². The van der Waals surface area contributed by atoms with E-state index in [0.29, 0.717) is 23.7 Å². The molecule has 2 aliphatic rings. The summed E-state index contributed by atoms with van der Waals surface area (Å²) >= 11 is 0. The molecule has 1 saturated carbocycles. The lowest BCUT2D eigenvalue weighted by Crippen LogP contribution is -2.52. The number of fused-ring (bicyclic) bond motifs is 2. The van der Waals surface area contributed by atoms with Crippen LogP contribution in [-0.4, -0.2) is 40.5 Å². The first-order chi connectivity index (χ1) is 12.5. The summed E-state index contributed by atoms with van der Waals surface area (Å²) in [6.45, 7) is 4.48. The third-order valence-corrected chi connectivity index (χ3v) is 5.66. The maximum Gasteiger partial charge on any atom is 0.251 e. The lowest BCUT2D eigenvalue weighted by molar-refractivity contribution is -0.132. The average Bonchev–Trinajstić information content (AvgIpc) is 3.32. The highest BCUT2D eigenvalue weighted by molar-refractivity contribution is 5.94. The second-order valence-electron chi connectivity index (χ2n) is 7.38. The Labute approximate surface area is 152 Å². The lowest BCUT2D eigenvalue weighted by atomic mass is 10.0. The van der Waals surface area contributed by atoms with Crippen molar-refractivity contribution in [3.63, 3.8) is 0 Å². The molecule has 2 heterocycles. The molecule has 0 radical (unpaired) electrons. The van der Waals surface area contributed by atoms with Gasteiger partial charge in [0.25, 0.3) is 5.91 Å². The van der Waals surface area contributed by atoms with Gasteiger partial charge in [-0.05, 0) is 44.7 Å². The van der Waals surface area contributed by atoms with E-state index in [1.165, 1.54) is 0 Å². The maximum atomic E-state index is 12.9. The van der Waals surface area contributed by atoms with Crippen LogP contribution in [0.2, 0.25) is 0 Å². The Morgan fingerprint density at radius 3 is 2.65 bits per heavy atom. The van der Waals surface area contributed by atoms with Crippen LogP contribution in [0.25, 0.3) is 0 Å². The minimum atomic E-state index is -0.0683. The minimum Gasteiger partial charge on any atom is -0.361 e. The Kier molecular flexibility index (Phi) is 4.26. The Morgan fingerprint density at radius 2 is 2.00 bits per heavy atom. The van der Waals surface area contributed by atoms with E-state index in [1.807, 2.05) is 49.1 Å². The van der Waals surface area contributed by atoms with Crippen molar-refractivity contribution in [3.8, 4) is 0 Å². The van der Waals surface area contributed by atoms with Gasteiger partial charge < -0.3 is 14.7 Å². The molecule has 3 atom stereocenters. The molecule has 2 aromatic rings. The van der Waals surface area contributed by atoms with Crippen LogP contribution < -0.4 is 5.32 Å². The highest BCUT2D eigenvalue weighted by Gasteiger charge is 2.47. The number of hydrogen-bond donors (Lipinski definition) is 1. The van der Waals surface area contributed by atoms with Crippen LogP contribution in [0.5, 0.6) is 0 Å². The van der Waals surface area contributed by atoms with Gasteiger partial charge in [-0.2, -0.15) is 0 Å². The summed E-state index contributed by atoms with van der Waals surface area (Å²) in [6, 6.07) is 9.33. The highest BCUT2D eigenvalue weighted by atomic mass is 16.5. The number of rotatable bonds is 4. The van der Waals surface area contributed by atoms with Crippen LogP contribution in [0.1, 0.15) is 40.2 Å². The van der Waals surface area contributed by atoms with Gasteiger partial charge in [-0.25, -0.2) is 0 Å². The van der Waals surface area contributed by atoms with Crippen LogP contribution in [0.3, 0.4) is 0 Å². The second-order valence-corrected chi connectivity index (χ2v) is 7.38. The number of carbonyl (C=O) groups excluding carboxylic acids is 2. The van der Waals surface area contributed by atoms with Crippen molar-refractivity contribution in [3.05, 3.63) is 52.9 Å². The van der Waals surface area contributed by atoms with Gasteiger partial charge in [0.05, 0.1) is 18.2 Å². The number of piperidine rings is 1. The molecule has 1 N–H and O–H groups in total. The molecule has 136 valence electrons. The number of benzene rings is 1. The van der Waals surface area contributed by atoms with Crippen molar-refractivity contribution in [2.45, 2.75) is 45.2 Å². The quantitative estimate of drug-likeness (QED) is 0.915. The first-order valence-corrected chi connectivity index (χ1v) is 9.10. The average molecular weight is 353 g/mol. The molecule has 26 heavy (non-hydrogen) atoms. The van der Waals surface area contributed by atoms with E-state index in [1.54, 1.807) is 0 Å². The zero-order valence-electron chi connectivity index (χ0n) is 15.1. The van der Waals surface area contributed by atoms with Gasteiger partial charge in [-0.15, -0.1) is 0 Å². The summed E-state index contributed by atoms with van der Waals surface area (Å²) in [6.07, 6.45) is 2.22. The van der Waals surface area contributed by atoms with Crippen molar-refractivity contribution in [1.29, 1.82) is 0 Å². The van der Waals surface area contributed by atoms with Crippen LogP contribution in [0, 0.1) is 19.8 Å². The Morgan fingerprint density at radius 1 is 1.23 bits per heavy atom. The van der Waals surface area contributed by atoms with Gasteiger partial charge in [-0.1, -0.05) is 23.4 Å². The van der Waals surface area contributed by atoms with Gasteiger partial charge in [0.2, 0.25) is 5.91 Å². The van der Waals surface area contributed by atoms with Crippen molar-refractivity contribution >= 4 is 11.8 Å². The second kappa shape index (κ2) is 6.59. The molecule has 2 bridgehead atoms. The largest absolute Gasteiger partial charge is 0.361 e. The fraction of sp³-hybridized carbons (Fsp3) is 0.450. The predicted octanol–water partition coefficient (Wildman–Crippen LogP) is 2.25. The van der Waals surface area contributed by atoms with Gasteiger partial charge >= 0.3 is 0 Å². The monoisotopic (exact) mass is 353 g/mol. The predicted molar refractivity (Wildman–Crippen MR) is 95.6 cm³/mol. The standard InChI is InChI=1S/C20H23N3O3/c1-12-16(13(2)26-22-12)10-19(24)23-11-14-8-17(18(23)9-14)21-20(25)15-6-4-3-5-7-15/h3-7,14,17-18H,8-11H2,1-2H3,(H,21,25).